The van der Waals surface area contributed by atoms with Crippen LogP contribution in [0.1, 0.15) is 37.5 Å². The molecule has 0 aromatic carbocycles. The Morgan fingerprint density at radius 3 is 2.48 bits per heavy atom. The maximum atomic E-state index is 12.4. The largest absolute Gasteiger partial charge is 0.457 e. The summed E-state index contributed by atoms with van der Waals surface area (Å²) in [4.78, 5) is 24.1. The van der Waals surface area contributed by atoms with Crippen LogP contribution in [0, 0.1) is 0 Å². The quantitative estimate of drug-likeness (QED) is 0.229. The Morgan fingerprint density at radius 1 is 1.07 bits per heavy atom. The molecule has 0 N–H and O–H groups in total. The molecule has 0 fully saturated rings. The van der Waals surface area contributed by atoms with Gasteiger partial charge in [0.15, 0.2) is 11.3 Å². The third kappa shape index (κ3) is 3.61. The van der Waals surface area contributed by atoms with Gasteiger partial charge in [-0.3, -0.25) is 0 Å². The minimum atomic E-state index is -0.508. The predicted octanol–water partition coefficient (Wildman–Crippen LogP) is 5.33. The first-order valence-electron chi connectivity index (χ1n) is 9.25. The van der Waals surface area contributed by atoms with Crippen molar-refractivity contribution in [3.63, 3.8) is 0 Å². The summed E-state index contributed by atoms with van der Waals surface area (Å²) in [5, 5.41) is 0. The van der Waals surface area contributed by atoms with Gasteiger partial charge in [0.1, 0.15) is 22.9 Å². The minimum Gasteiger partial charge on any atom is -0.457 e. The topological polar surface area (TPSA) is 78.9 Å². The molecule has 1 atom stereocenters. The fourth-order valence-corrected chi connectivity index (χ4v) is 3.20. The van der Waals surface area contributed by atoms with E-state index in [0.717, 1.165) is 16.7 Å². The van der Waals surface area contributed by atoms with Gasteiger partial charge < -0.3 is 18.3 Å². The number of carbonyl (C=O) groups excluding carboxylic acids is 2. The van der Waals surface area contributed by atoms with Crippen LogP contribution >= 0.6 is 0 Å². The first kappa shape index (κ1) is 18.8. The van der Waals surface area contributed by atoms with Crippen LogP contribution in [0.4, 0.5) is 0 Å². The van der Waals surface area contributed by atoms with Crippen LogP contribution in [0.15, 0.2) is 63.5 Å². The van der Waals surface area contributed by atoms with E-state index in [2.05, 4.69) is 13.2 Å². The Balaban J connectivity index is 1.36. The SMILES string of the molecule is C=C(C)C(=O)Oc1cc2cc(CCC(=C)C(=O)OC(C)c3cc4ccc3o4)c1o2. The highest BCUT2D eigenvalue weighted by atomic mass is 16.5. The molecular formula is C23H20O6. The van der Waals surface area contributed by atoms with Gasteiger partial charge in [-0.25, -0.2) is 9.59 Å². The number of aryl methyl sites for hydroxylation is 1. The summed E-state index contributed by atoms with van der Waals surface area (Å²) >= 11 is 0. The van der Waals surface area contributed by atoms with Crippen LogP contribution < -0.4 is 4.74 Å². The van der Waals surface area contributed by atoms with Crippen molar-refractivity contribution in [2.45, 2.75) is 32.8 Å². The Labute approximate surface area is 167 Å². The van der Waals surface area contributed by atoms with Crippen LogP contribution in [0.25, 0.3) is 22.3 Å². The predicted molar refractivity (Wildman–Crippen MR) is 107 cm³/mol. The van der Waals surface area contributed by atoms with Crippen molar-refractivity contribution in [2.24, 2.45) is 0 Å². The molecular weight excluding hydrogens is 372 g/mol. The lowest BCUT2D eigenvalue weighted by molar-refractivity contribution is -0.143. The molecule has 1 unspecified atom stereocenters. The molecule has 6 heteroatoms. The van der Waals surface area contributed by atoms with Crippen LogP contribution in [-0.4, -0.2) is 11.9 Å². The smallest absolute Gasteiger partial charge is 0.338 e. The Hall–Kier alpha value is -3.54. The maximum Gasteiger partial charge on any atom is 0.338 e. The van der Waals surface area contributed by atoms with Crippen molar-refractivity contribution in [2.75, 3.05) is 0 Å². The van der Waals surface area contributed by atoms with Crippen molar-refractivity contribution in [3.8, 4) is 5.75 Å². The summed E-state index contributed by atoms with van der Waals surface area (Å²) in [7, 11) is 0. The van der Waals surface area contributed by atoms with Crippen molar-refractivity contribution in [1.82, 2.24) is 0 Å². The molecule has 0 amide bonds. The van der Waals surface area contributed by atoms with Crippen molar-refractivity contribution in [3.05, 3.63) is 65.8 Å². The highest BCUT2D eigenvalue weighted by Gasteiger charge is 2.21. The monoisotopic (exact) mass is 392 g/mol. The molecule has 6 nitrogen and oxygen atoms in total. The molecule has 4 aromatic rings. The molecule has 29 heavy (non-hydrogen) atoms. The molecule has 0 aliphatic carbocycles. The highest BCUT2D eigenvalue weighted by Crippen LogP contribution is 2.35. The van der Waals surface area contributed by atoms with E-state index in [9.17, 15) is 9.59 Å². The molecule has 0 spiro atoms. The molecule has 0 aliphatic rings. The van der Waals surface area contributed by atoms with Crippen LogP contribution in [-0.2, 0) is 20.7 Å². The third-order valence-corrected chi connectivity index (χ3v) is 4.79. The number of esters is 2. The number of benzene rings is 2. The summed E-state index contributed by atoms with van der Waals surface area (Å²) in [6, 6.07) is 9.09. The van der Waals surface area contributed by atoms with Crippen molar-refractivity contribution in [1.29, 1.82) is 0 Å². The maximum absolute atomic E-state index is 12.4. The van der Waals surface area contributed by atoms with Gasteiger partial charge in [0, 0.05) is 28.3 Å². The van der Waals surface area contributed by atoms with Gasteiger partial charge in [0.25, 0.3) is 0 Å². The normalized spacial score (nSPS) is 12.5. The number of ether oxygens (including phenoxy) is 2. The van der Waals surface area contributed by atoms with Gasteiger partial charge in [0.05, 0.1) is 0 Å². The molecule has 0 radical (unpaired) electrons. The van der Waals surface area contributed by atoms with Crippen LogP contribution in [0.3, 0.4) is 0 Å². The van der Waals surface area contributed by atoms with E-state index < -0.39 is 18.0 Å². The number of fused-ring (bicyclic) bond motifs is 4. The van der Waals surface area contributed by atoms with Gasteiger partial charge >= 0.3 is 11.9 Å². The first-order chi connectivity index (χ1) is 13.8. The summed E-state index contributed by atoms with van der Waals surface area (Å²) < 4.78 is 21.9. The second-order valence-corrected chi connectivity index (χ2v) is 7.13. The zero-order chi connectivity index (χ0) is 20.7. The molecule has 0 saturated heterocycles. The summed E-state index contributed by atoms with van der Waals surface area (Å²) in [5.74, 6) is -0.604. The lowest BCUT2D eigenvalue weighted by Gasteiger charge is -2.13. The third-order valence-electron chi connectivity index (χ3n) is 4.79. The minimum absolute atomic E-state index is 0.304. The summed E-state index contributed by atoms with van der Waals surface area (Å²) in [6.07, 6.45) is 0.470. The standard InChI is InChI=1S/C23H20O6/c1-12(2)22(24)29-20-11-17-9-15(21(20)28-17)6-5-13(3)23(25)26-14(4)18-10-16-7-8-19(18)27-16/h7-11,14H,1,3,5-6H2,2,4H3. The molecule has 148 valence electrons. The molecule has 4 heterocycles. The zero-order valence-corrected chi connectivity index (χ0v) is 16.2. The van der Waals surface area contributed by atoms with E-state index in [1.807, 2.05) is 24.3 Å². The number of hydrogen-bond donors (Lipinski definition) is 0. The molecule has 0 aliphatic heterocycles. The first-order valence-corrected chi connectivity index (χ1v) is 9.25. The van der Waals surface area contributed by atoms with Gasteiger partial charge in [-0.15, -0.1) is 0 Å². The number of furan rings is 4. The fourth-order valence-electron chi connectivity index (χ4n) is 3.20. The van der Waals surface area contributed by atoms with E-state index in [1.165, 1.54) is 0 Å². The molecule has 0 saturated carbocycles. The highest BCUT2D eigenvalue weighted by molar-refractivity contribution is 5.91. The second kappa shape index (κ2) is 7.13. The Kier molecular flexibility index (Phi) is 4.62. The van der Waals surface area contributed by atoms with Gasteiger partial charge in [-0.2, -0.15) is 0 Å². The van der Waals surface area contributed by atoms with Gasteiger partial charge in [-0.05, 0) is 51.0 Å². The average Bonchev–Trinajstić information content (AvgIpc) is 3.46. The number of rotatable bonds is 8. The summed E-state index contributed by atoms with van der Waals surface area (Å²) in [6.45, 7) is 10.8. The van der Waals surface area contributed by atoms with Gasteiger partial charge in [-0.1, -0.05) is 13.2 Å². The number of hydrogen-bond acceptors (Lipinski definition) is 6. The lowest BCUT2D eigenvalue weighted by Crippen LogP contribution is -2.11. The average molecular weight is 392 g/mol. The molecule has 4 aromatic heterocycles. The van der Waals surface area contributed by atoms with Crippen molar-refractivity contribution >= 4 is 34.3 Å². The Morgan fingerprint density at radius 2 is 1.86 bits per heavy atom. The van der Waals surface area contributed by atoms with Crippen LogP contribution in [0.5, 0.6) is 5.75 Å². The van der Waals surface area contributed by atoms with E-state index in [-0.39, 0.29) is 0 Å². The van der Waals surface area contributed by atoms with E-state index in [1.54, 1.807) is 19.9 Å². The molecule has 4 bridgehead atoms. The van der Waals surface area contributed by atoms with E-state index in [4.69, 9.17) is 18.3 Å². The second-order valence-electron chi connectivity index (χ2n) is 7.13. The fraction of sp³-hybridized carbons (Fsp3) is 0.217. The molecule has 4 rings (SSSR count). The lowest BCUT2D eigenvalue weighted by atomic mass is 10.1. The number of carbonyl (C=O) groups is 2. The zero-order valence-electron chi connectivity index (χ0n) is 16.2. The van der Waals surface area contributed by atoms with Gasteiger partial charge in [0.2, 0.25) is 0 Å². The van der Waals surface area contributed by atoms with Crippen LogP contribution in [0.2, 0.25) is 0 Å². The van der Waals surface area contributed by atoms with Crippen molar-refractivity contribution < 1.29 is 27.9 Å². The Bertz CT molecular complexity index is 1210. The van der Waals surface area contributed by atoms with E-state index >= 15 is 0 Å². The van der Waals surface area contributed by atoms with E-state index in [0.29, 0.717) is 46.5 Å². The summed E-state index contributed by atoms with van der Waals surface area (Å²) in [5.41, 5.74) is 4.91.